The summed E-state index contributed by atoms with van der Waals surface area (Å²) in [4.78, 5) is 0.344. The van der Waals surface area contributed by atoms with Gasteiger partial charge in [0.05, 0.1) is 4.90 Å². The highest BCUT2D eigenvalue weighted by atomic mass is 32.2. The van der Waals surface area contributed by atoms with Gasteiger partial charge in [-0.1, -0.05) is 26.2 Å². The quantitative estimate of drug-likeness (QED) is 0.843. The van der Waals surface area contributed by atoms with Crippen LogP contribution in [0.4, 0.5) is 0 Å². The number of aryl methyl sites for hydroxylation is 1. The lowest BCUT2D eigenvalue weighted by Gasteiger charge is -2.22. The maximum Gasteiger partial charge on any atom is 0.242 e. The van der Waals surface area contributed by atoms with Crippen molar-refractivity contribution in [2.75, 3.05) is 0 Å². The molecule has 1 heterocycles. The van der Waals surface area contributed by atoms with Crippen LogP contribution >= 0.6 is 0 Å². The summed E-state index contributed by atoms with van der Waals surface area (Å²) in [5.74, 6) is 0. The second kappa shape index (κ2) is 6.74. The molecule has 1 aromatic rings. The van der Waals surface area contributed by atoms with Crippen molar-refractivity contribution in [3.05, 3.63) is 18.0 Å². The molecule has 6 heteroatoms. The van der Waals surface area contributed by atoms with Gasteiger partial charge in [0, 0.05) is 31.0 Å². The van der Waals surface area contributed by atoms with Gasteiger partial charge in [-0.2, -0.15) is 0 Å². The number of aromatic nitrogens is 1. The fourth-order valence-corrected chi connectivity index (χ4v) is 4.17. The van der Waals surface area contributed by atoms with Crippen LogP contribution in [-0.2, 0) is 23.1 Å². The molecule has 0 radical (unpaired) electrons. The van der Waals surface area contributed by atoms with E-state index in [-0.39, 0.29) is 6.04 Å². The van der Waals surface area contributed by atoms with Gasteiger partial charge in [-0.25, -0.2) is 13.1 Å². The lowest BCUT2D eigenvalue weighted by atomic mass is 9.96. The van der Waals surface area contributed by atoms with E-state index in [0.717, 1.165) is 44.3 Å². The summed E-state index contributed by atoms with van der Waals surface area (Å²) in [5.41, 5.74) is 6.56. The highest BCUT2D eigenvalue weighted by molar-refractivity contribution is 7.89. The fraction of sp³-hybridized carbons (Fsp3) is 0.714. The molecule has 0 spiro atoms. The van der Waals surface area contributed by atoms with Crippen LogP contribution in [0.2, 0.25) is 0 Å². The first kappa shape index (κ1) is 15.5. The first-order valence-corrected chi connectivity index (χ1v) is 8.96. The standard InChI is InChI=1S/C14H25N3O2S/c1-2-8-17-11-14(9-13(17)10-15)20(18,19)16-12-6-4-3-5-7-12/h9,11-12,16H,2-8,10,15H2,1H3. The fourth-order valence-electron chi connectivity index (χ4n) is 2.80. The average molecular weight is 299 g/mol. The van der Waals surface area contributed by atoms with Gasteiger partial charge in [0.1, 0.15) is 0 Å². The maximum atomic E-state index is 12.4. The van der Waals surface area contributed by atoms with Crippen LogP contribution in [0.25, 0.3) is 0 Å². The average Bonchev–Trinajstić information content (AvgIpc) is 2.84. The van der Waals surface area contributed by atoms with Crippen LogP contribution in [0, 0.1) is 0 Å². The van der Waals surface area contributed by atoms with Gasteiger partial charge in [-0.05, 0) is 25.3 Å². The molecule has 0 atom stereocenters. The van der Waals surface area contributed by atoms with Crippen molar-refractivity contribution in [3.63, 3.8) is 0 Å². The third-order valence-corrected chi connectivity index (χ3v) is 5.36. The molecule has 0 unspecified atom stereocenters. The normalized spacial score (nSPS) is 17.5. The Morgan fingerprint density at radius 3 is 2.65 bits per heavy atom. The molecular weight excluding hydrogens is 274 g/mol. The molecule has 0 saturated heterocycles. The molecule has 0 aliphatic heterocycles. The van der Waals surface area contributed by atoms with Crippen molar-refractivity contribution in [1.82, 2.24) is 9.29 Å². The second-order valence-corrected chi connectivity index (χ2v) is 7.23. The molecule has 114 valence electrons. The van der Waals surface area contributed by atoms with Gasteiger partial charge >= 0.3 is 0 Å². The predicted molar refractivity (Wildman–Crippen MR) is 79.8 cm³/mol. The zero-order chi connectivity index (χ0) is 14.6. The van der Waals surface area contributed by atoms with Gasteiger partial charge in [0.2, 0.25) is 10.0 Å². The number of sulfonamides is 1. The Hall–Kier alpha value is -0.850. The van der Waals surface area contributed by atoms with Crippen LogP contribution < -0.4 is 10.5 Å². The summed E-state index contributed by atoms with van der Waals surface area (Å²) in [5, 5.41) is 0. The zero-order valence-electron chi connectivity index (χ0n) is 12.1. The van der Waals surface area contributed by atoms with E-state index in [4.69, 9.17) is 5.73 Å². The Morgan fingerprint density at radius 1 is 1.35 bits per heavy atom. The van der Waals surface area contributed by atoms with Crippen LogP contribution in [0.15, 0.2) is 17.2 Å². The molecule has 1 aromatic heterocycles. The number of nitrogens with one attached hydrogen (secondary N) is 1. The van der Waals surface area contributed by atoms with Gasteiger partial charge in [-0.3, -0.25) is 0 Å². The second-order valence-electron chi connectivity index (χ2n) is 5.52. The Labute approximate surface area is 121 Å². The molecular formula is C14H25N3O2S. The van der Waals surface area contributed by atoms with E-state index in [1.807, 2.05) is 4.57 Å². The van der Waals surface area contributed by atoms with Crippen molar-refractivity contribution >= 4 is 10.0 Å². The van der Waals surface area contributed by atoms with Crippen molar-refractivity contribution in [3.8, 4) is 0 Å². The minimum absolute atomic E-state index is 0.0876. The van der Waals surface area contributed by atoms with Crippen LogP contribution in [-0.4, -0.2) is 19.0 Å². The summed E-state index contributed by atoms with van der Waals surface area (Å²) < 4.78 is 29.6. The summed E-state index contributed by atoms with van der Waals surface area (Å²) in [6.45, 7) is 3.22. The van der Waals surface area contributed by atoms with Crippen molar-refractivity contribution in [2.24, 2.45) is 5.73 Å². The van der Waals surface area contributed by atoms with E-state index < -0.39 is 10.0 Å². The SMILES string of the molecule is CCCn1cc(S(=O)(=O)NC2CCCCC2)cc1CN. The molecule has 2 rings (SSSR count). The molecule has 1 aliphatic carbocycles. The number of rotatable bonds is 6. The third kappa shape index (κ3) is 3.62. The molecule has 3 N–H and O–H groups in total. The molecule has 1 saturated carbocycles. The van der Waals surface area contributed by atoms with E-state index in [1.165, 1.54) is 6.42 Å². The van der Waals surface area contributed by atoms with Crippen molar-refractivity contribution < 1.29 is 8.42 Å². The summed E-state index contributed by atoms with van der Waals surface area (Å²) in [6.07, 6.45) is 7.98. The monoisotopic (exact) mass is 299 g/mol. The van der Waals surface area contributed by atoms with Crippen LogP contribution in [0.3, 0.4) is 0 Å². The largest absolute Gasteiger partial charge is 0.349 e. The zero-order valence-corrected chi connectivity index (χ0v) is 13.0. The van der Waals surface area contributed by atoms with E-state index in [1.54, 1.807) is 12.3 Å². The van der Waals surface area contributed by atoms with Crippen molar-refractivity contribution in [2.45, 2.75) is 69.5 Å². The van der Waals surface area contributed by atoms with E-state index >= 15 is 0 Å². The van der Waals surface area contributed by atoms with E-state index in [9.17, 15) is 8.42 Å². The maximum absolute atomic E-state index is 12.4. The van der Waals surface area contributed by atoms with E-state index in [0.29, 0.717) is 11.4 Å². The highest BCUT2D eigenvalue weighted by Gasteiger charge is 2.23. The predicted octanol–water partition coefficient (Wildman–Crippen LogP) is 1.97. The van der Waals surface area contributed by atoms with Crippen molar-refractivity contribution in [1.29, 1.82) is 0 Å². The molecule has 1 fully saturated rings. The first-order chi connectivity index (χ1) is 9.56. The molecule has 1 aliphatic rings. The number of hydrogen-bond donors (Lipinski definition) is 2. The Balaban J connectivity index is 2.15. The highest BCUT2D eigenvalue weighted by Crippen LogP contribution is 2.21. The third-order valence-electron chi connectivity index (χ3n) is 3.87. The molecule has 0 bridgehead atoms. The Bertz CT molecular complexity index is 531. The number of nitrogens with zero attached hydrogens (tertiary/aromatic N) is 1. The van der Waals surface area contributed by atoms with Gasteiger partial charge in [-0.15, -0.1) is 0 Å². The smallest absolute Gasteiger partial charge is 0.242 e. The number of nitrogens with two attached hydrogens (primary N) is 1. The Morgan fingerprint density at radius 2 is 2.05 bits per heavy atom. The molecule has 20 heavy (non-hydrogen) atoms. The summed E-state index contributed by atoms with van der Waals surface area (Å²) >= 11 is 0. The van der Waals surface area contributed by atoms with Gasteiger partial charge in [0.15, 0.2) is 0 Å². The van der Waals surface area contributed by atoms with E-state index in [2.05, 4.69) is 11.6 Å². The molecule has 0 amide bonds. The lowest BCUT2D eigenvalue weighted by molar-refractivity contribution is 0.412. The lowest BCUT2D eigenvalue weighted by Crippen LogP contribution is -2.36. The minimum Gasteiger partial charge on any atom is -0.349 e. The van der Waals surface area contributed by atoms with Crippen LogP contribution in [0.5, 0.6) is 0 Å². The molecule has 5 nitrogen and oxygen atoms in total. The Kier molecular flexibility index (Phi) is 5.23. The summed E-state index contributed by atoms with van der Waals surface area (Å²) in [7, 11) is -3.42. The van der Waals surface area contributed by atoms with Gasteiger partial charge < -0.3 is 10.3 Å². The molecule has 0 aromatic carbocycles. The first-order valence-electron chi connectivity index (χ1n) is 7.48. The minimum atomic E-state index is -3.42. The van der Waals surface area contributed by atoms with Gasteiger partial charge in [0.25, 0.3) is 0 Å². The van der Waals surface area contributed by atoms with Crippen LogP contribution in [0.1, 0.15) is 51.1 Å². The summed E-state index contributed by atoms with van der Waals surface area (Å²) in [6, 6.07) is 1.78. The number of hydrogen-bond acceptors (Lipinski definition) is 3. The topological polar surface area (TPSA) is 77.1 Å².